The summed E-state index contributed by atoms with van der Waals surface area (Å²) in [7, 11) is 2.23. The van der Waals surface area contributed by atoms with Gasteiger partial charge in [-0.05, 0) is 31.2 Å². The predicted molar refractivity (Wildman–Crippen MR) is 107 cm³/mol. The van der Waals surface area contributed by atoms with Gasteiger partial charge in [0.05, 0.1) is 18.0 Å². The molecule has 0 spiro atoms. The molecular formula is C20H34N4O2S+2. The topological polar surface area (TPSA) is 67.1 Å². The number of quaternary nitrogens is 2. The van der Waals surface area contributed by atoms with Crippen LogP contribution in [-0.4, -0.2) is 57.1 Å². The number of hydrogen-bond acceptors (Lipinski definition) is 3. The summed E-state index contributed by atoms with van der Waals surface area (Å²) < 4.78 is 0. The van der Waals surface area contributed by atoms with Gasteiger partial charge in [0.25, 0.3) is 0 Å². The van der Waals surface area contributed by atoms with E-state index in [1.54, 1.807) is 16.2 Å². The molecule has 1 saturated heterocycles. The van der Waals surface area contributed by atoms with Gasteiger partial charge in [0, 0.05) is 6.04 Å². The molecule has 1 saturated carbocycles. The molecule has 1 aromatic heterocycles. The van der Waals surface area contributed by atoms with Crippen molar-refractivity contribution >= 4 is 23.2 Å². The summed E-state index contributed by atoms with van der Waals surface area (Å²) in [5, 5.41) is 8.01. The third kappa shape index (κ3) is 5.53. The average Bonchev–Trinajstić information content (AvgIpc) is 3.18. The molecule has 7 heteroatoms. The molecule has 6 nitrogen and oxygen atoms in total. The molecule has 0 bridgehead atoms. The number of rotatable bonds is 5. The van der Waals surface area contributed by atoms with Gasteiger partial charge in [-0.3, -0.25) is 9.59 Å². The quantitative estimate of drug-likeness (QED) is 0.492. The Labute approximate surface area is 166 Å². The Hall–Kier alpha value is -1.44. The lowest BCUT2D eigenvalue weighted by atomic mass is 9.95. The van der Waals surface area contributed by atoms with Crippen LogP contribution in [0.25, 0.3) is 0 Å². The molecule has 150 valence electrons. The molecule has 2 amide bonds. The molecule has 1 aliphatic heterocycles. The lowest BCUT2D eigenvalue weighted by molar-refractivity contribution is -1.02. The van der Waals surface area contributed by atoms with Crippen molar-refractivity contribution in [1.29, 1.82) is 0 Å². The van der Waals surface area contributed by atoms with Crippen LogP contribution in [0, 0.1) is 0 Å². The largest absolute Gasteiger partial charge is 0.345 e. The van der Waals surface area contributed by atoms with Crippen molar-refractivity contribution < 1.29 is 19.4 Å². The Morgan fingerprint density at radius 2 is 1.81 bits per heavy atom. The number of carbonyl (C=O) groups is 2. The Bertz CT molecular complexity index is 608. The Morgan fingerprint density at radius 3 is 2.44 bits per heavy atom. The van der Waals surface area contributed by atoms with Gasteiger partial charge in [0.15, 0.2) is 0 Å². The molecule has 2 aliphatic rings. The normalized spacial score (nSPS) is 26.1. The molecule has 27 heavy (non-hydrogen) atoms. The maximum atomic E-state index is 12.5. The van der Waals surface area contributed by atoms with Crippen molar-refractivity contribution in [1.82, 2.24) is 10.6 Å². The van der Waals surface area contributed by atoms with E-state index in [1.165, 1.54) is 16.2 Å². The fraction of sp³-hybridized carbons (Fsp3) is 0.700. The van der Waals surface area contributed by atoms with E-state index in [9.17, 15) is 9.59 Å². The van der Waals surface area contributed by atoms with Crippen LogP contribution >= 0.6 is 11.3 Å². The van der Waals surface area contributed by atoms with E-state index in [-0.39, 0.29) is 18.1 Å². The molecule has 2 fully saturated rings. The van der Waals surface area contributed by atoms with Crippen LogP contribution in [0.1, 0.15) is 49.9 Å². The molecule has 4 N–H and O–H groups in total. The second-order valence-electron chi connectivity index (χ2n) is 8.18. The SMILES string of the molecule is C[C@H](NC(=O)C(=O)NC1CCCCC1)[C@H](c1cccs1)[NH+]1CC[NH+](C)CC1. The highest BCUT2D eigenvalue weighted by Gasteiger charge is 2.35. The number of carbonyl (C=O) groups excluding carboxylic acids is 2. The zero-order valence-electron chi connectivity index (χ0n) is 16.6. The third-order valence-corrected chi connectivity index (χ3v) is 7.00. The second-order valence-corrected chi connectivity index (χ2v) is 9.16. The van der Waals surface area contributed by atoms with Crippen LogP contribution in [0.2, 0.25) is 0 Å². The fourth-order valence-electron chi connectivity index (χ4n) is 4.43. The Balaban J connectivity index is 1.60. The van der Waals surface area contributed by atoms with E-state index in [0.29, 0.717) is 0 Å². The number of hydrogen-bond donors (Lipinski definition) is 4. The molecule has 2 atom stereocenters. The summed E-state index contributed by atoms with van der Waals surface area (Å²) in [5.41, 5.74) is 0. The average molecular weight is 395 g/mol. The van der Waals surface area contributed by atoms with Crippen LogP contribution in [0.3, 0.4) is 0 Å². The smallest absolute Gasteiger partial charge is 0.309 e. The predicted octanol–water partition coefficient (Wildman–Crippen LogP) is -0.844. The molecule has 2 heterocycles. The van der Waals surface area contributed by atoms with Crippen LogP contribution in [-0.2, 0) is 9.59 Å². The lowest BCUT2D eigenvalue weighted by Crippen LogP contribution is -3.27. The number of amides is 2. The molecule has 0 unspecified atom stereocenters. The van der Waals surface area contributed by atoms with Crippen LogP contribution in [0.15, 0.2) is 17.5 Å². The number of thiophene rings is 1. The first kappa shape index (κ1) is 20.3. The summed E-state index contributed by atoms with van der Waals surface area (Å²) in [4.78, 5) is 29.2. The van der Waals surface area contributed by atoms with Crippen molar-refractivity contribution in [3.63, 3.8) is 0 Å². The van der Waals surface area contributed by atoms with Gasteiger partial charge >= 0.3 is 11.8 Å². The van der Waals surface area contributed by atoms with Crippen LogP contribution in [0.5, 0.6) is 0 Å². The minimum Gasteiger partial charge on any atom is -0.345 e. The van der Waals surface area contributed by atoms with Crippen LogP contribution < -0.4 is 20.4 Å². The molecule has 3 rings (SSSR count). The monoisotopic (exact) mass is 394 g/mol. The standard InChI is InChI=1S/C20H32N4O2S/c1-15(21-19(25)20(26)22-16-7-4-3-5-8-16)18(17-9-6-14-27-17)24-12-10-23(2)11-13-24/h6,9,14-16,18H,3-5,7-8,10-13H2,1-2H3,(H,21,25)(H,22,26)/p+2/t15-,18+/m0/s1. The van der Waals surface area contributed by atoms with Crippen molar-refractivity contribution in [3.8, 4) is 0 Å². The van der Waals surface area contributed by atoms with E-state index in [1.807, 2.05) is 6.92 Å². The Kier molecular flexibility index (Phi) is 7.26. The number of piperazine rings is 1. The highest BCUT2D eigenvalue weighted by Crippen LogP contribution is 2.20. The molecule has 0 radical (unpaired) electrons. The van der Waals surface area contributed by atoms with Crippen molar-refractivity contribution in [2.24, 2.45) is 0 Å². The van der Waals surface area contributed by atoms with Gasteiger partial charge in [-0.25, -0.2) is 0 Å². The molecule has 0 aromatic carbocycles. The van der Waals surface area contributed by atoms with Crippen molar-refractivity contribution in [2.45, 2.75) is 57.2 Å². The maximum absolute atomic E-state index is 12.5. The third-order valence-electron chi connectivity index (χ3n) is 6.04. The van der Waals surface area contributed by atoms with E-state index >= 15 is 0 Å². The fourth-order valence-corrected chi connectivity index (χ4v) is 5.42. The summed E-state index contributed by atoms with van der Waals surface area (Å²) in [5.74, 6) is -0.967. The summed E-state index contributed by atoms with van der Waals surface area (Å²) in [6, 6.07) is 4.49. The highest BCUT2D eigenvalue weighted by atomic mass is 32.1. The molecule has 1 aromatic rings. The Morgan fingerprint density at radius 1 is 1.11 bits per heavy atom. The molecular weight excluding hydrogens is 360 g/mol. The van der Waals surface area contributed by atoms with E-state index in [4.69, 9.17) is 0 Å². The molecule has 1 aliphatic carbocycles. The van der Waals surface area contributed by atoms with Crippen molar-refractivity contribution in [3.05, 3.63) is 22.4 Å². The summed E-state index contributed by atoms with van der Waals surface area (Å²) in [6.45, 7) is 6.49. The minimum atomic E-state index is -0.492. The van der Waals surface area contributed by atoms with Crippen molar-refractivity contribution in [2.75, 3.05) is 33.2 Å². The van der Waals surface area contributed by atoms with Gasteiger partial charge < -0.3 is 20.4 Å². The van der Waals surface area contributed by atoms with Gasteiger partial charge in [-0.2, -0.15) is 0 Å². The summed E-state index contributed by atoms with van der Waals surface area (Å²) >= 11 is 1.74. The zero-order chi connectivity index (χ0) is 19.2. The van der Waals surface area contributed by atoms with Gasteiger partial charge in [-0.1, -0.05) is 25.3 Å². The van der Waals surface area contributed by atoms with Gasteiger partial charge in [0.2, 0.25) is 0 Å². The van der Waals surface area contributed by atoms with Crippen LogP contribution in [0.4, 0.5) is 0 Å². The van der Waals surface area contributed by atoms with E-state index in [0.717, 1.165) is 51.9 Å². The maximum Gasteiger partial charge on any atom is 0.309 e. The lowest BCUT2D eigenvalue weighted by Gasteiger charge is -2.35. The van der Waals surface area contributed by atoms with Gasteiger partial charge in [-0.15, -0.1) is 11.3 Å². The first-order valence-electron chi connectivity index (χ1n) is 10.3. The zero-order valence-corrected chi connectivity index (χ0v) is 17.4. The van der Waals surface area contributed by atoms with E-state index < -0.39 is 11.8 Å². The number of nitrogens with one attached hydrogen (secondary N) is 4. The first-order chi connectivity index (χ1) is 13.0. The van der Waals surface area contributed by atoms with E-state index in [2.05, 4.69) is 35.2 Å². The van der Waals surface area contributed by atoms with Gasteiger partial charge in [0.1, 0.15) is 32.2 Å². The number of likely N-dealkylation sites (N-methyl/N-ethyl adjacent to an activating group) is 1. The second kappa shape index (κ2) is 9.66. The summed E-state index contributed by atoms with van der Waals surface area (Å²) in [6.07, 6.45) is 5.48. The minimum absolute atomic E-state index is 0.0818. The first-order valence-corrected chi connectivity index (χ1v) is 11.2. The highest BCUT2D eigenvalue weighted by molar-refractivity contribution is 7.10.